The molecule has 0 aromatic heterocycles. The van der Waals surface area contributed by atoms with Crippen LogP contribution < -0.4 is 0 Å². The predicted molar refractivity (Wildman–Crippen MR) is 54.4 cm³/mol. The highest BCUT2D eigenvalue weighted by atomic mass is 127. The molecular formula is C8H17I. The minimum Gasteiger partial charge on any atom is -0.107 e. The summed E-state index contributed by atoms with van der Waals surface area (Å²) in [5.74, 6) is 0. The second-order valence-electron chi connectivity index (χ2n) is 2.06. The van der Waals surface area contributed by atoms with Gasteiger partial charge in [0.1, 0.15) is 0 Å². The van der Waals surface area contributed by atoms with Crippen molar-refractivity contribution in [3.8, 4) is 0 Å². The Kier molecular flexibility index (Phi) is 15.3. The number of hydrogen-bond donors (Lipinski definition) is 0. The second kappa shape index (κ2) is 11.3. The first kappa shape index (κ1) is 12.2. The fourth-order valence-electron chi connectivity index (χ4n) is 0.679. The van der Waals surface area contributed by atoms with Crippen molar-refractivity contribution in [2.75, 3.05) is 0 Å². The highest BCUT2D eigenvalue weighted by Gasteiger charge is 1.78. The van der Waals surface area contributed by atoms with Crippen LogP contribution in [-0.2, 0) is 0 Å². The van der Waals surface area contributed by atoms with E-state index in [4.69, 9.17) is 0 Å². The van der Waals surface area contributed by atoms with Gasteiger partial charge in [0.05, 0.1) is 0 Å². The van der Waals surface area contributed by atoms with Gasteiger partial charge in [-0.05, 0) is 19.8 Å². The van der Waals surface area contributed by atoms with Crippen LogP contribution in [0.1, 0.15) is 39.5 Å². The van der Waals surface area contributed by atoms with Crippen molar-refractivity contribution in [2.45, 2.75) is 39.5 Å². The zero-order valence-corrected chi connectivity index (χ0v) is 8.72. The Balaban J connectivity index is 0. The lowest BCUT2D eigenvalue weighted by Crippen LogP contribution is -1.68. The van der Waals surface area contributed by atoms with Crippen LogP contribution in [0.15, 0.2) is 12.2 Å². The SMILES string of the molecule is CC=CCCCCC.I. The molecule has 1 heteroatoms. The first-order chi connectivity index (χ1) is 3.91. The maximum atomic E-state index is 2.23. The molecule has 0 aromatic rings. The monoisotopic (exact) mass is 240 g/mol. The summed E-state index contributed by atoms with van der Waals surface area (Å²) < 4.78 is 0. The van der Waals surface area contributed by atoms with Crippen LogP contribution in [0.3, 0.4) is 0 Å². The summed E-state index contributed by atoms with van der Waals surface area (Å²) in [6.45, 7) is 4.31. The maximum Gasteiger partial charge on any atom is -0.0351 e. The van der Waals surface area contributed by atoms with Gasteiger partial charge in [0, 0.05) is 0 Å². The Morgan fingerprint density at radius 2 is 1.89 bits per heavy atom. The topological polar surface area (TPSA) is 0 Å². The Morgan fingerprint density at radius 3 is 2.33 bits per heavy atom. The van der Waals surface area contributed by atoms with Gasteiger partial charge in [-0.2, -0.15) is 0 Å². The van der Waals surface area contributed by atoms with Crippen molar-refractivity contribution >= 4 is 24.0 Å². The maximum absolute atomic E-state index is 2.23. The van der Waals surface area contributed by atoms with Crippen molar-refractivity contribution in [1.29, 1.82) is 0 Å². The van der Waals surface area contributed by atoms with Gasteiger partial charge in [0.25, 0.3) is 0 Å². The van der Waals surface area contributed by atoms with Crippen LogP contribution in [0.25, 0.3) is 0 Å². The third-order valence-corrected chi connectivity index (χ3v) is 1.21. The Hall–Kier alpha value is 0.470. The molecule has 0 saturated carbocycles. The minimum atomic E-state index is 0. The predicted octanol–water partition coefficient (Wildman–Crippen LogP) is 3.76. The van der Waals surface area contributed by atoms with Gasteiger partial charge in [-0.15, -0.1) is 24.0 Å². The molecule has 0 saturated heterocycles. The molecule has 0 fully saturated rings. The molecule has 0 nitrogen and oxygen atoms in total. The van der Waals surface area contributed by atoms with Crippen LogP contribution in [0.5, 0.6) is 0 Å². The molecule has 0 rings (SSSR count). The number of allylic oxidation sites excluding steroid dienone is 2. The third kappa shape index (κ3) is 11.8. The molecule has 0 aliphatic rings. The molecule has 56 valence electrons. The molecule has 0 spiro atoms. The van der Waals surface area contributed by atoms with E-state index in [1.54, 1.807) is 0 Å². The lowest BCUT2D eigenvalue weighted by molar-refractivity contribution is 0.729. The largest absolute Gasteiger partial charge is 0.107 e. The molecule has 0 amide bonds. The van der Waals surface area contributed by atoms with Gasteiger partial charge in [-0.1, -0.05) is 31.9 Å². The Morgan fingerprint density at radius 1 is 1.22 bits per heavy atom. The molecule has 0 radical (unpaired) electrons. The number of hydrogen-bond acceptors (Lipinski definition) is 0. The van der Waals surface area contributed by atoms with E-state index in [1.165, 1.54) is 25.7 Å². The Bertz CT molecular complexity index is 57.6. The second-order valence-corrected chi connectivity index (χ2v) is 2.06. The van der Waals surface area contributed by atoms with E-state index < -0.39 is 0 Å². The molecule has 0 aliphatic carbocycles. The zero-order valence-electron chi connectivity index (χ0n) is 6.39. The molecule has 0 heterocycles. The van der Waals surface area contributed by atoms with E-state index in [9.17, 15) is 0 Å². The van der Waals surface area contributed by atoms with E-state index in [-0.39, 0.29) is 24.0 Å². The summed E-state index contributed by atoms with van der Waals surface area (Å²) in [4.78, 5) is 0. The number of rotatable bonds is 4. The summed E-state index contributed by atoms with van der Waals surface area (Å²) in [6.07, 6.45) is 9.69. The van der Waals surface area contributed by atoms with Gasteiger partial charge in [-0.3, -0.25) is 0 Å². The average Bonchev–Trinajstić information content (AvgIpc) is 1.81. The van der Waals surface area contributed by atoms with E-state index in [0.717, 1.165) is 0 Å². The lowest BCUT2D eigenvalue weighted by atomic mass is 10.2. The van der Waals surface area contributed by atoms with E-state index >= 15 is 0 Å². The normalized spacial score (nSPS) is 9.56. The summed E-state index contributed by atoms with van der Waals surface area (Å²) in [7, 11) is 0. The van der Waals surface area contributed by atoms with Crippen molar-refractivity contribution < 1.29 is 0 Å². The van der Waals surface area contributed by atoms with Gasteiger partial charge in [-0.25, -0.2) is 0 Å². The van der Waals surface area contributed by atoms with E-state index in [1.807, 2.05) is 0 Å². The number of halogens is 1. The summed E-state index contributed by atoms with van der Waals surface area (Å²) in [5.41, 5.74) is 0. The fourth-order valence-corrected chi connectivity index (χ4v) is 0.679. The Labute approximate surface area is 75.7 Å². The van der Waals surface area contributed by atoms with Gasteiger partial charge < -0.3 is 0 Å². The van der Waals surface area contributed by atoms with Crippen molar-refractivity contribution in [1.82, 2.24) is 0 Å². The van der Waals surface area contributed by atoms with Crippen LogP contribution in [0.2, 0.25) is 0 Å². The highest BCUT2D eigenvalue weighted by molar-refractivity contribution is 14.0. The summed E-state index contributed by atoms with van der Waals surface area (Å²) in [6, 6.07) is 0. The summed E-state index contributed by atoms with van der Waals surface area (Å²) >= 11 is 0. The van der Waals surface area contributed by atoms with Crippen molar-refractivity contribution in [3.63, 3.8) is 0 Å². The van der Waals surface area contributed by atoms with Crippen LogP contribution in [0.4, 0.5) is 0 Å². The minimum absolute atomic E-state index is 0. The number of unbranched alkanes of at least 4 members (excludes halogenated alkanes) is 3. The molecule has 0 bridgehead atoms. The standard InChI is InChI=1S/C8H16.HI/c1-3-5-7-8-6-4-2;/h3,5H,4,6-8H2,1-2H3;1H. The van der Waals surface area contributed by atoms with Gasteiger partial charge in [0.2, 0.25) is 0 Å². The average molecular weight is 240 g/mol. The molecule has 9 heavy (non-hydrogen) atoms. The molecule has 0 unspecified atom stereocenters. The smallest absolute Gasteiger partial charge is 0.0351 e. The van der Waals surface area contributed by atoms with Crippen molar-refractivity contribution in [3.05, 3.63) is 12.2 Å². The van der Waals surface area contributed by atoms with E-state index in [2.05, 4.69) is 26.0 Å². The first-order valence-electron chi connectivity index (χ1n) is 3.53. The highest BCUT2D eigenvalue weighted by Crippen LogP contribution is 1.98. The lowest BCUT2D eigenvalue weighted by Gasteiger charge is -1.88. The van der Waals surface area contributed by atoms with Crippen LogP contribution in [0, 0.1) is 0 Å². The van der Waals surface area contributed by atoms with Gasteiger partial charge in [0.15, 0.2) is 0 Å². The van der Waals surface area contributed by atoms with Crippen molar-refractivity contribution in [2.24, 2.45) is 0 Å². The molecule has 0 aromatic carbocycles. The summed E-state index contributed by atoms with van der Waals surface area (Å²) in [5, 5.41) is 0. The van der Waals surface area contributed by atoms with Crippen LogP contribution in [-0.4, -0.2) is 0 Å². The molecule has 0 aliphatic heterocycles. The fraction of sp³-hybridized carbons (Fsp3) is 0.750. The van der Waals surface area contributed by atoms with Crippen LogP contribution >= 0.6 is 24.0 Å². The molecule has 0 N–H and O–H groups in total. The molecular weight excluding hydrogens is 223 g/mol. The zero-order chi connectivity index (χ0) is 6.24. The third-order valence-electron chi connectivity index (χ3n) is 1.21. The van der Waals surface area contributed by atoms with Gasteiger partial charge >= 0.3 is 0 Å². The molecule has 0 atom stereocenters. The quantitative estimate of drug-likeness (QED) is 0.398. The first-order valence-corrected chi connectivity index (χ1v) is 3.53. The van der Waals surface area contributed by atoms with E-state index in [0.29, 0.717) is 0 Å².